The number of hydrogen-bond donors (Lipinski definition) is 2. The Morgan fingerprint density at radius 2 is 1.90 bits per heavy atom. The Morgan fingerprint density at radius 1 is 1.24 bits per heavy atom. The van der Waals surface area contributed by atoms with E-state index in [1.165, 1.54) is 12.1 Å². The molecular weight excluding hydrogens is 486 g/mol. The topological polar surface area (TPSA) is 58.1 Å². The molecule has 1 atom stereocenters. The molecule has 1 fully saturated rings. The standard InChI is InChI=1S/C21H35FN4O2.HI/c1-16(2)28-14-13-26-11-9-19(10-12-26)25-21(23-3)24-15-20(27-4)17-5-7-18(22)8-6-17;/h5-8,16,19-20H,9-15H2,1-4H3,(H2,23,24,25);1H. The quantitative estimate of drug-likeness (QED) is 0.297. The summed E-state index contributed by atoms with van der Waals surface area (Å²) in [4.78, 5) is 6.78. The van der Waals surface area contributed by atoms with Gasteiger partial charge in [0.25, 0.3) is 0 Å². The zero-order chi connectivity index (χ0) is 20.4. The van der Waals surface area contributed by atoms with Crippen LogP contribution in [0.4, 0.5) is 4.39 Å². The maximum absolute atomic E-state index is 13.1. The van der Waals surface area contributed by atoms with Crippen LogP contribution in [0.5, 0.6) is 0 Å². The van der Waals surface area contributed by atoms with Crippen LogP contribution in [0.3, 0.4) is 0 Å². The Labute approximate surface area is 191 Å². The maximum Gasteiger partial charge on any atom is 0.191 e. The summed E-state index contributed by atoms with van der Waals surface area (Å²) in [5.74, 6) is 0.525. The van der Waals surface area contributed by atoms with Gasteiger partial charge in [0.15, 0.2) is 5.96 Å². The summed E-state index contributed by atoms with van der Waals surface area (Å²) in [6.07, 6.45) is 2.28. The first-order valence-electron chi connectivity index (χ1n) is 10.1. The Bertz CT molecular complexity index is 593. The largest absolute Gasteiger partial charge is 0.377 e. The monoisotopic (exact) mass is 522 g/mol. The van der Waals surface area contributed by atoms with Crippen LogP contribution in [0.15, 0.2) is 29.3 Å². The summed E-state index contributed by atoms with van der Waals surface area (Å²) >= 11 is 0. The highest BCUT2D eigenvalue weighted by atomic mass is 127. The molecule has 0 bridgehead atoms. The number of hydrogen-bond acceptors (Lipinski definition) is 4. The van der Waals surface area contributed by atoms with Gasteiger partial charge < -0.3 is 25.0 Å². The lowest BCUT2D eigenvalue weighted by Crippen LogP contribution is -2.49. The second kappa shape index (κ2) is 14.1. The van der Waals surface area contributed by atoms with Gasteiger partial charge in [0.1, 0.15) is 5.82 Å². The Kier molecular flexibility index (Phi) is 12.7. The number of nitrogens with one attached hydrogen (secondary N) is 2. The van der Waals surface area contributed by atoms with Crippen molar-refractivity contribution in [3.8, 4) is 0 Å². The summed E-state index contributed by atoms with van der Waals surface area (Å²) in [5, 5.41) is 6.83. The summed E-state index contributed by atoms with van der Waals surface area (Å²) in [5.41, 5.74) is 0.934. The van der Waals surface area contributed by atoms with Crippen LogP contribution < -0.4 is 10.6 Å². The van der Waals surface area contributed by atoms with E-state index < -0.39 is 0 Å². The summed E-state index contributed by atoms with van der Waals surface area (Å²) in [6.45, 7) is 8.61. The molecule has 0 aromatic heterocycles. The van der Waals surface area contributed by atoms with Gasteiger partial charge >= 0.3 is 0 Å². The second-order valence-corrected chi connectivity index (χ2v) is 7.41. The third-order valence-corrected chi connectivity index (χ3v) is 4.99. The van der Waals surface area contributed by atoms with Gasteiger partial charge in [-0.25, -0.2) is 4.39 Å². The second-order valence-electron chi connectivity index (χ2n) is 7.41. The number of guanidine groups is 1. The molecule has 2 rings (SSSR count). The van der Waals surface area contributed by atoms with Crippen molar-refractivity contribution in [1.29, 1.82) is 0 Å². The fraction of sp³-hybridized carbons (Fsp3) is 0.667. The Hall–Kier alpha value is -0.970. The summed E-state index contributed by atoms with van der Waals surface area (Å²) in [6, 6.07) is 6.81. The lowest BCUT2D eigenvalue weighted by molar-refractivity contribution is 0.0532. The number of ether oxygens (including phenoxy) is 2. The van der Waals surface area contributed by atoms with Crippen molar-refractivity contribution < 1.29 is 13.9 Å². The van der Waals surface area contributed by atoms with Crippen LogP contribution in [0.25, 0.3) is 0 Å². The van der Waals surface area contributed by atoms with Gasteiger partial charge in [-0.05, 0) is 44.4 Å². The van der Waals surface area contributed by atoms with Gasteiger partial charge in [-0.3, -0.25) is 4.99 Å². The summed E-state index contributed by atoms with van der Waals surface area (Å²) < 4.78 is 24.3. The summed E-state index contributed by atoms with van der Waals surface area (Å²) in [7, 11) is 3.43. The number of aliphatic imine (C=N–C) groups is 1. The predicted molar refractivity (Wildman–Crippen MR) is 127 cm³/mol. The van der Waals surface area contributed by atoms with Crippen molar-refractivity contribution in [2.45, 2.75) is 44.9 Å². The number of nitrogens with zero attached hydrogens (tertiary/aromatic N) is 2. The fourth-order valence-corrected chi connectivity index (χ4v) is 3.31. The molecule has 1 aromatic carbocycles. The fourth-order valence-electron chi connectivity index (χ4n) is 3.31. The van der Waals surface area contributed by atoms with E-state index in [9.17, 15) is 4.39 Å². The lowest BCUT2D eigenvalue weighted by Gasteiger charge is -2.33. The van der Waals surface area contributed by atoms with Crippen molar-refractivity contribution in [3.05, 3.63) is 35.6 Å². The number of methoxy groups -OCH3 is 1. The van der Waals surface area contributed by atoms with Crippen LogP contribution in [-0.4, -0.2) is 69.9 Å². The number of piperidine rings is 1. The van der Waals surface area contributed by atoms with E-state index in [1.807, 2.05) is 0 Å². The molecule has 1 aromatic rings. The van der Waals surface area contributed by atoms with Crippen molar-refractivity contribution in [2.75, 3.05) is 46.9 Å². The molecular formula is C21H36FIN4O2. The molecule has 0 spiro atoms. The molecule has 2 N–H and O–H groups in total. The van der Waals surface area contributed by atoms with Crippen LogP contribution >= 0.6 is 24.0 Å². The maximum atomic E-state index is 13.1. The van der Waals surface area contributed by atoms with E-state index in [0.29, 0.717) is 18.7 Å². The molecule has 0 amide bonds. The first-order chi connectivity index (χ1) is 13.5. The molecule has 0 radical (unpaired) electrons. The normalized spacial score (nSPS) is 17.1. The van der Waals surface area contributed by atoms with Crippen molar-refractivity contribution >= 4 is 29.9 Å². The molecule has 0 saturated carbocycles. The van der Waals surface area contributed by atoms with E-state index in [2.05, 4.69) is 34.4 Å². The van der Waals surface area contributed by atoms with Crippen LogP contribution in [0, 0.1) is 5.82 Å². The average molecular weight is 522 g/mol. The van der Waals surface area contributed by atoms with Gasteiger partial charge in [0, 0.05) is 46.4 Å². The van der Waals surface area contributed by atoms with Gasteiger partial charge in [-0.2, -0.15) is 0 Å². The molecule has 6 nitrogen and oxygen atoms in total. The highest BCUT2D eigenvalue weighted by molar-refractivity contribution is 14.0. The van der Waals surface area contributed by atoms with Crippen LogP contribution in [0.2, 0.25) is 0 Å². The molecule has 1 saturated heterocycles. The van der Waals surface area contributed by atoms with Crippen molar-refractivity contribution in [2.24, 2.45) is 4.99 Å². The number of benzene rings is 1. The highest BCUT2D eigenvalue weighted by Gasteiger charge is 2.20. The van der Waals surface area contributed by atoms with E-state index in [0.717, 1.165) is 50.6 Å². The van der Waals surface area contributed by atoms with E-state index in [4.69, 9.17) is 9.47 Å². The molecule has 1 aliphatic rings. The molecule has 1 unspecified atom stereocenters. The van der Waals surface area contributed by atoms with Gasteiger partial charge in [-0.1, -0.05) is 12.1 Å². The van der Waals surface area contributed by atoms with Gasteiger partial charge in [0.2, 0.25) is 0 Å². The molecule has 166 valence electrons. The molecule has 1 heterocycles. The number of halogens is 2. The molecule has 29 heavy (non-hydrogen) atoms. The van der Waals surface area contributed by atoms with Crippen LogP contribution in [-0.2, 0) is 9.47 Å². The molecule has 1 aliphatic heterocycles. The van der Waals surface area contributed by atoms with E-state index >= 15 is 0 Å². The minimum absolute atomic E-state index is 0. The van der Waals surface area contributed by atoms with Gasteiger partial charge in [-0.15, -0.1) is 24.0 Å². The Morgan fingerprint density at radius 3 is 2.45 bits per heavy atom. The minimum atomic E-state index is -0.244. The zero-order valence-corrected chi connectivity index (χ0v) is 20.3. The first kappa shape index (κ1) is 26.1. The van der Waals surface area contributed by atoms with Crippen LogP contribution in [0.1, 0.15) is 38.4 Å². The van der Waals surface area contributed by atoms with E-state index in [1.54, 1.807) is 26.3 Å². The number of rotatable bonds is 9. The molecule has 8 heteroatoms. The van der Waals surface area contributed by atoms with Gasteiger partial charge in [0.05, 0.1) is 18.8 Å². The molecule has 0 aliphatic carbocycles. The third-order valence-electron chi connectivity index (χ3n) is 4.99. The smallest absolute Gasteiger partial charge is 0.191 e. The lowest BCUT2D eigenvalue weighted by atomic mass is 10.1. The zero-order valence-electron chi connectivity index (χ0n) is 18.0. The highest BCUT2D eigenvalue weighted by Crippen LogP contribution is 2.16. The third kappa shape index (κ3) is 9.59. The predicted octanol–water partition coefficient (Wildman–Crippen LogP) is 3.19. The minimum Gasteiger partial charge on any atom is -0.377 e. The average Bonchev–Trinajstić information content (AvgIpc) is 2.69. The SMILES string of the molecule is CN=C(NCC(OC)c1ccc(F)cc1)NC1CCN(CCOC(C)C)CC1.I. The van der Waals surface area contributed by atoms with E-state index in [-0.39, 0.29) is 35.9 Å². The number of likely N-dealkylation sites (tertiary alicyclic amines) is 1. The Balaban J connectivity index is 0.00000420. The first-order valence-corrected chi connectivity index (χ1v) is 10.1. The van der Waals surface area contributed by atoms with Crippen molar-refractivity contribution in [3.63, 3.8) is 0 Å². The van der Waals surface area contributed by atoms with Crippen molar-refractivity contribution in [1.82, 2.24) is 15.5 Å².